The van der Waals surface area contributed by atoms with Gasteiger partial charge in [-0.05, 0) is 25.8 Å². The van der Waals surface area contributed by atoms with Gasteiger partial charge in [-0.25, -0.2) is 13.7 Å². The molecule has 23 heteroatoms. The van der Waals surface area contributed by atoms with Crippen molar-refractivity contribution in [3.8, 4) is 0 Å². The average Bonchev–Trinajstić information content (AvgIpc) is 3.22. The number of rotatable bonds is 41. The zero-order valence-corrected chi connectivity index (χ0v) is 40.6. The second-order valence-electron chi connectivity index (χ2n) is 16.8. The predicted molar refractivity (Wildman–Crippen MR) is 237 cm³/mol. The number of phosphoric ester groups is 3. The molecule has 1 aliphatic rings. The summed E-state index contributed by atoms with van der Waals surface area (Å²) in [6.07, 6.45) is 12.0. The summed E-state index contributed by atoms with van der Waals surface area (Å²) in [5.41, 5.74) is 5.53. The molecule has 1 saturated carbocycles. The Morgan fingerprint density at radius 3 is 1.17 bits per heavy atom. The van der Waals surface area contributed by atoms with Gasteiger partial charge in [-0.1, -0.05) is 155 Å². The number of hydrogen-bond donors (Lipinski definition) is 9. The van der Waals surface area contributed by atoms with E-state index in [-0.39, 0.29) is 12.8 Å². The standard InChI is InChI=1S/C41H82NO19P3/c1-2-3-4-5-6-7-8-10-14-17-20-23-26-29-35(44)58-33(31-56-34(43)28-25-22-19-16-13-11-9-12-15-18-21-24-27-30-42)32-57-64(54,55)61-41-37(46)39(59-62(48,49)50)36(45)40(38(41)47)60-63(51,52)53/h33,36-41,45-47H,2-32,42H2,1H3,(H,54,55)(H2,48,49,50)(H2,51,52,53)/t33-,36?,37+,38?,39+,40-,41?/m1/s1. The van der Waals surface area contributed by atoms with E-state index in [0.29, 0.717) is 12.8 Å². The zero-order valence-electron chi connectivity index (χ0n) is 37.9. The largest absolute Gasteiger partial charge is 0.472 e. The fourth-order valence-corrected chi connectivity index (χ4v) is 9.59. The number of ether oxygens (including phenoxy) is 2. The Kier molecular flexibility index (Phi) is 33.7. The van der Waals surface area contributed by atoms with Crippen LogP contribution in [0.25, 0.3) is 0 Å². The Morgan fingerprint density at radius 1 is 0.484 bits per heavy atom. The Balaban J connectivity index is 2.74. The molecule has 0 aromatic rings. The lowest BCUT2D eigenvalue weighted by Gasteiger charge is -2.44. The van der Waals surface area contributed by atoms with Crippen LogP contribution in [0.3, 0.4) is 0 Å². The molecule has 380 valence electrons. The molecule has 0 aromatic carbocycles. The molecule has 0 saturated heterocycles. The van der Waals surface area contributed by atoms with E-state index in [1.807, 2.05) is 0 Å². The van der Waals surface area contributed by atoms with Crippen LogP contribution >= 0.6 is 23.5 Å². The summed E-state index contributed by atoms with van der Waals surface area (Å²) < 4.78 is 65.5. The van der Waals surface area contributed by atoms with Crippen molar-refractivity contribution in [1.82, 2.24) is 0 Å². The van der Waals surface area contributed by atoms with Gasteiger partial charge in [0.25, 0.3) is 0 Å². The van der Waals surface area contributed by atoms with E-state index < -0.39 is 91.3 Å². The van der Waals surface area contributed by atoms with E-state index in [9.17, 15) is 63.1 Å². The summed E-state index contributed by atoms with van der Waals surface area (Å²) in [4.78, 5) is 73.2. The van der Waals surface area contributed by atoms with Gasteiger partial charge < -0.3 is 55.0 Å². The maximum Gasteiger partial charge on any atom is 0.472 e. The van der Waals surface area contributed by atoms with Crippen LogP contribution in [0.1, 0.15) is 187 Å². The highest BCUT2D eigenvalue weighted by molar-refractivity contribution is 7.47. The minimum atomic E-state index is -5.55. The van der Waals surface area contributed by atoms with Gasteiger partial charge in [0.2, 0.25) is 0 Å². The van der Waals surface area contributed by atoms with Crippen LogP contribution in [0.15, 0.2) is 0 Å². The minimum Gasteiger partial charge on any atom is -0.462 e. The smallest absolute Gasteiger partial charge is 0.462 e. The average molecular weight is 986 g/mol. The van der Waals surface area contributed by atoms with Crippen LogP contribution < -0.4 is 5.73 Å². The molecular weight excluding hydrogens is 903 g/mol. The summed E-state index contributed by atoms with van der Waals surface area (Å²) in [5.74, 6) is -1.31. The summed E-state index contributed by atoms with van der Waals surface area (Å²) in [6.45, 7) is 1.45. The Labute approximate surface area is 380 Å². The van der Waals surface area contributed by atoms with Gasteiger partial charge >= 0.3 is 35.4 Å². The van der Waals surface area contributed by atoms with Crippen molar-refractivity contribution in [3.05, 3.63) is 0 Å². The molecule has 0 aromatic heterocycles. The number of aliphatic hydroxyl groups excluding tert-OH is 3. The monoisotopic (exact) mass is 985 g/mol. The highest BCUT2D eigenvalue weighted by Crippen LogP contribution is 2.51. The van der Waals surface area contributed by atoms with Gasteiger partial charge in [-0.2, -0.15) is 0 Å². The van der Waals surface area contributed by atoms with Crippen LogP contribution in [-0.2, 0) is 50.9 Å². The molecule has 1 rings (SSSR count). The van der Waals surface area contributed by atoms with Gasteiger partial charge in [0.1, 0.15) is 43.2 Å². The van der Waals surface area contributed by atoms with Gasteiger partial charge in [-0.15, -0.1) is 0 Å². The normalized spacial score (nSPS) is 22.0. The van der Waals surface area contributed by atoms with Crippen molar-refractivity contribution in [2.45, 2.75) is 229 Å². The molecule has 0 radical (unpaired) electrons. The molecule has 20 nitrogen and oxygen atoms in total. The molecule has 0 amide bonds. The van der Waals surface area contributed by atoms with Crippen LogP contribution in [0, 0.1) is 0 Å². The first-order chi connectivity index (χ1) is 30.3. The zero-order chi connectivity index (χ0) is 47.9. The lowest BCUT2D eigenvalue weighted by molar-refractivity contribution is -0.213. The van der Waals surface area contributed by atoms with Crippen molar-refractivity contribution in [2.24, 2.45) is 5.73 Å². The topological polar surface area (TPSA) is 329 Å². The molecular formula is C41H82NO19P3. The fraction of sp³-hybridized carbons (Fsp3) is 0.951. The number of nitrogens with two attached hydrogens (primary N) is 1. The SMILES string of the molecule is CCCCCCCCCCCCCCCC(=O)O[C@H](COC(=O)CCCCCCCCCCCCCCCN)COP(=O)(O)OC1C(O)[C@H](OP(=O)(O)O)C(O)[C@H](OP(=O)(O)O)[C@@H]1O. The highest BCUT2D eigenvalue weighted by atomic mass is 31.2. The molecule has 1 fully saturated rings. The maximum atomic E-state index is 13.1. The predicted octanol–water partition coefficient (Wildman–Crippen LogP) is 6.90. The molecule has 4 unspecified atom stereocenters. The second-order valence-corrected chi connectivity index (χ2v) is 20.6. The maximum absolute atomic E-state index is 13.1. The third-order valence-corrected chi connectivity index (χ3v) is 13.0. The number of aliphatic hydroxyl groups is 3. The van der Waals surface area contributed by atoms with Gasteiger partial charge in [0.05, 0.1) is 6.61 Å². The number of esters is 2. The first-order valence-electron chi connectivity index (χ1n) is 23.5. The molecule has 0 aliphatic heterocycles. The van der Waals surface area contributed by atoms with E-state index in [0.717, 1.165) is 70.8 Å². The molecule has 1 aliphatic carbocycles. The van der Waals surface area contributed by atoms with E-state index >= 15 is 0 Å². The van der Waals surface area contributed by atoms with Gasteiger partial charge in [0.15, 0.2) is 6.10 Å². The number of unbranched alkanes of at least 4 members (excludes halogenated alkanes) is 24. The van der Waals surface area contributed by atoms with Crippen molar-refractivity contribution < 1.29 is 90.6 Å². The Morgan fingerprint density at radius 2 is 0.812 bits per heavy atom. The summed E-state index contributed by atoms with van der Waals surface area (Å²) in [5, 5.41) is 31.8. The summed E-state index contributed by atoms with van der Waals surface area (Å²) in [7, 11) is -16.6. The molecule has 10 N–H and O–H groups in total. The Bertz CT molecular complexity index is 1330. The van der Waals surface area contributed by atoms with Crippen molar-refractivity contribution >= 4 is 35.4 Å². The van der Waals surface area contributed by atoms with Gasteiger partial charge in [-0.3, -0.25) is 27.7 Å². The van der Waals surface area contributed by atoms with Crippen molar-refractivity contribution in [2.75, 3.05) is 19.8 Å². The summed E-state index contributed by atoms with van der Waals surface area (Å²) >= 11 is 0. The first kappa shape index (κ1) is 61.1. The molecule has 0 heterocycles. The molecule has 0 bridgehead atoms. The number of hydrogen-bond acceptors (Lipinski definition) is 15. The molecule has 8 atom stereocenters. The van der Waals surface area contributed by atoms with E-state index in [4.69, 9.17) is 24.3 Å². The Hall–Kier alpha value is -0.890. The first-order valence-corrected chi connectivity index (χ1v) is 28.1. The third-order valence-electron chi connectivity index (χ3n) is 11.0. The van der Waals surface area contributed by atoms with Gasteiger partial charge in [0, 0.05) is 12.8 Å². The lowest BCUT2D eigenvalue weighted by atomic mass is 9.85. The van der Waals surface area contributed by atoms with Crippen LogP contribution in [-0.4, -0.2) is 114 Å². The summed E-state index contributed by atoms with van der Waals surface area (Å²) in [6, 6.07) is 0. The quantitative estimate of drug-likeness (QED) is 0.0171. The van der Waals surface area contributed by atoms with E-state index in [1.165, 1.54) is 89.9 Å². The van der Waals surface area contributed by atoms with Crippen molar-refractivity contribution in [3.63, 3.8) is 0 Å². The second kappa shape index (κ2) is 35.3. The third kappa shape index (κ3) is 31.2. The van der Waals surface area contributed by atoms with Crippen LogP contribution in [0.4, 0.5) is 0 Å². The number of carbonyl (C=O) groups is 2. The lowest BCUT2D eigenvalue weighted by Crippen LogP contribution is -2.65. The number of carbonyl (C=O) groups excluding carboxylic acids is 2. The van der Waals surface area contributed by atoms with Crippen LogP contribution in [0.2, 0.25) is 0 Å². The van der Waals surface area contributed by atoms with E-state index in [2.05, 4.69) is 16.0 Å². The molecule has 64 heavy (non-hydrogen) atoms. The van der Waals surface area contributed by atoms with E-state index in [1.54, 1.807) is 0 Å². The molecule has 0 spiro atoms. The number of phosphoric acid groups is 3. The fourth-order valence-electron chi connectivity index (χ4n) is 7.48. The van der Waals surface area contributed by atoms with Crippen LogP contribution in [0.5, 0.6) is 0 Å². The van der Waals surface area contributed by atoms with Crippen molar-refractivity contribution in [1.29, 1.82) is 0 Å². The highest BCUT2D eigenvalue weighted by Gasteiger charge is 2.56. The minimum absolute atomic E-state index is 0.00453.